The second kappa shape index (κ2) is 5.93. The maximum absolute atomic E-state index is 11.7. The van der Waals surface area contributed by atoms with E-state index in [2.05, 4.69) is 15.9 Å². The Balaban J connectivity index is 3.01. The predicted octanol–water partition coefficient (Wildman–Crippen LogP) is 2.08. The Morgan fingerprint density at radius 3 is 2.53 bits per heavy atom. The van der Waals surface area contributed by atoms with Gasteiger partial charge in [0, 0.05) is 17.3 Å². The van der Waals surface area contributed by atoms with Gasteiger partial charge >= 0.3 is 5.97 Å². The first-order valence-electron chi connectivity index (χ1n) is 5.08. The number of aliphatic hydroxyl groups excluding tert-OH is 1. The van der Waals surface area contributed by atoms with Crippen LogP contribution in [-0.4, -0.2) is 27.3 Å². The van der Waals surface area contributed by atoms with Crippen LogP contribution < -0.4 is 0 Å². The quantitative estimate of drug-likeness (QED) is 0.645. The molecule has 1 aromatic carbocycles. The second-order valence-electron chi connectivity index (χ2n) is 3.68. The minimum absolute atomic E-state index is 0.00394. The summed E-state index contributed by atoms with van der Waals surface area (Å²) in [6.45, 7) is 1.72. The molecular formula is C12H13BrO4. The van der Waals surface area contributed by atoms with E-state index in [0.29, 0.717) is 22.9 Å². The maximum Gasteiger partial charge on any atom is 0.337 e. The van der Waals surface area contributed by atoms with Crippen LogP contribution in [-0.2, 0) is 4.79 Å². The number of carbonyl (C=O) groups excluding carboxylic acids is 1. The maximum atomic E-state index is 11.7. The van der Waals surface area contributed by atoms with E-state index in [1.54, 1.807) is 13.0 Å². The highest BCUT2D eigenvalue weighted by atomic mass is 79.9. The number of hydrogen-bond acceptors (Lipinski definition) is 3. The van der Waals surface area contributed by atoms with Gasteiger partial charge in [-0.25, -0.2) is 4.79 Å². The van der Waals surface area contributed by atoms with Gasteiger partial charge in [-0.05, 0) is 18.1 Å². The molecule has 0 radical (unpaired) electrons. The zero-order chi connectivity index (χ0) is 13.0. The molecule has 17 heavy (non-hydrogen) atoms. The fourth-order valence-corrected chi connectivity index (χ4v) is 1.89. The number of hydrogen-bond donors (Lipinski definition) is 2. The number of benzene rings is 1. The molecule has 5 heteroatoms. The number of aliphatic carboxylic acids is 1. The Hall–Kier alpha value is -1.20. The SMILES string of the molecule is Cc1cc(C(O)C(=O)O)ccc1C(=O)CCBr. The summed E-state index contributed by atoms with van der Waals surface area (Å²) in [5, 5.41) is 18.6. The van der Waals surface area contributed by atoms with Crippen LogP contribution in [0.2, 0.25) is 0 Å². The molecule has 0 aliphatic carbocycles. The first-order valence-corrected chi connectivity index (χ1v) is 6.20. The zero-order valence-corrected chi connectivity index (χ0v) is 10.9. The van der Waals surface area contributed by atoms with Gasteiger partial charge in [0.05, 0.1) is 0 Å². The highest BCUT2D eigenvalue weighted by molar-refractivity contribution is 9.09. The number of aryl methyl sites for hydroxylation is 1. The van der Waals surface area contributed by atoms with Crippen molar-refractivity contribution in [1.29, 1.82) is 0 Å². The second-order valence-corrected chi connectivity index (χ2v) is 4.47. The Kier molecular flexibility index (Phi) is 4.84. The van der Waals surface area contributed by atoms with Crippen molar-refractivity contribution in [3.8, 4) is 0 Å². The molecule has 1 unspecified atom stereocenters. The topological polar surface area (TPSA) is 74.6 Å². The van der Waals surface area contributed by atoms with Crippen LogP contribution in [0.5, 0.6) is 0 Å². The third kappa shape index (κ3) is 3.38. The van der Waals surface area contributed by atoms with Gasteiger partial charge in [-0.2, -0.15) is 0 Å². The minimum atomic E-state index is -1.55. The average molecular weight is 301 g/mol. The van der Waals surface area contributed by atoms with E-state index in [1.807, 2.05) is 0 Å². The Labute approximate surface area is 107 Å². The van der Waals surface area contributed by atoms with E-state index in [9.17, 15) is 14.7 Å². The molecule has 0 amide bonds. The van der Waals surface area contributed by atoms with E-state index < -0.39 is 12.1 Å². The molecule has 1 atom stereocenters. The molecule has 4 nitrogen and oxygen atoms in total. The van der Waals surface area contributed by atoms with Gasteiger partial charge in [0.25, 0.3) is 0 Å². The molecule has 0 aliphatic heterocycles. The van der Waals surface area contributed by atoms with Crippen molar-refractivity contribution in [3.63, 3.8) is 0 Å². The lowest BCUT2D eigenvalue weighted by Crippen LogP contribution is -2.11. The first-order chi connectivity index (χ1) is 7.97. The summed E-state index contributed by atoms with van der Waals surface area (Å²) < 4.78 is 0. The monoisotopic (exact) mass is 300 g/mol. The molecule has 0 fully saturated rings. The largest absolute Gasteiger partial charge is 0.479 e. The summed E-state index contributed by atoms with van der Waals surface area (Å²) in [5.74, 6) is -1.31. The van der Waals surface area contributed by atoms with Crippen molar-refractivity contribution < 1.29 is 19.8 Å². The number of halogens is 1. The molecule has 0 aromatic heterocycles. The van der Waals surface area contributed by atoms with Gasteiger partial charge in [0.15, 0.2) is 11.9 Å². The van der Waals surface area contributed by atoms with Crippen LogP contribution in [0.4, 0.5) is 0 Å². The summed E-state index contributed by atoms with van der Waals surface area (Å²) >= 11 is 3.19. The van der Waals surface area contributed by atoms with Crippen LogP contribution in [0, 0.1) is 6.92 Å². The molecular weight excluding hydrogens is 288 g/mol. The first kappa shape index (κ1) is 13.9. The molecule has 2 N–H and O–H groups in total. The van der Waals surface area contributed by atoms with E-state index in [-0.39, 0.29) is 11.3 Å². The van der Waals surface area contributed by atoms with Crippen molar-refractivity contribution in [3.05, 3.63) is 34.9 Å². The molecule has 0 spiro atoms. The molecule has 1 aromatic rings. The Morgan fingerprint density at radius 2 is 2.06 bits per heavy atom. The van der Waals surface area contributed by atoms with Crippen LogP contribution in [0.1, 0.15) is 34.0 Å². The van der Waals surface area contributed by atoms with Gasteiger partial charge in [-0.3, -0.25) is 4.79 Å². The van der Waals surface area contributed by atoms with Crippen LogP contribution in [0.15, 0.2) is 18.2 Å². The van der Waals surface area contributed by atoms with Crippen molar-refractivity contribution in [1.82, 2.24) is 0 Å². The summed E-state index contributed by atoms with van der Waals surface area (Å²) in [5.41, 5.74) is 1.52. The number of carbonyl (C=O) groups is 2. The lowest BCUT2D eigenvalue weighted by atomic mass is 9.98. The third-order valence-corrected chi connectivity index (χ3v) is 2.82. The van der Waals surface area contributed by atoms with Crippen molar-refractivity contribution in [2.75, 3.05) is 5.33 Å². The van der Waals surface area contributed by atoms with Crippen LogP contribution in [0.25, 0.3) is 0 Å². The van der Waals surface area contributed by atoms with Crippen LogP contribution >= 0.6 is 15.9 Å². The zero-order valence-electron chi connectivity index (χ0n) is 9.31. The van der Waals surface area contributed by atoms with E-state index >= 15 is 0 Å². The highest BCUT2D eigenvalue weighted by Crippen LogP contribution is 2.19. The van der Waals surface area contributed by atoms with Gasteiger partial charge in [0.1, 0.15) is 0 Å². The van der Waals surface area contributed by atoms with Crippen molar-refractivity contribution >= 4 is 27.7 Å². The minimum Gasteiger partial charge on any atom is -0.479 e. The molecule has 0 saturated heterocycles. The summed E-state index contributed by atoms with van der Waals surface area (Å²) in [4.78, 5) is 22.3. The van der Waals surface area contributed by atoms with E-state index in [4.69, 9.17) is 5.11 Å². The van der Waals surface area contributed by atoms with E-state index in [0.717, 1.165) is 0 Å². The lowest BCUT2D eigenvalue weighted by Gasteiger charge is -2.09. The summed E-state index contributed by atoms with van der Waals surface area (Å²) in [6.07, 6.45) is -1.16. The normalized spacial score (nSPS) is 12.2. The highest BCUT2D eigenvalue weighted by Gasteiger charge is 2.17. The molecule has 0 aliphatic rings. The fraction of sp³-hybridized carbons (Fsp3) is 0.333. The van der Waals surface area contributed by atoms with Crippen LogP contribution in [0.3, 0.4) is 0 Å². The molecule has 1 rings (SSSR count). The molecule has 0 heterocycles. The number of carboxylic acids is 1. The Morgan fingerprint density at radius 1 is 1.41 bits per heavy atom. The van der Waals surface area contributed by atoms with Gasteiger partial charge in [-0.1, -0.05) is 34.1 Å². The smallest absolute Gasteiger partial charge is 0.337 e. The number of ketones is 1. The number of carboxylic acid groups (broad SMARTS) is 1. The number of alkyl halides is 1. The van der Waals surface area contributed by atoms with E-state index in [1.165, 1.54) is 12.1 Å². The lowest BCUT2D eigenvalue weighted by molar-refractivity contribution is -0.146. The molecule has 0 bridgehead atoms. The Bertz CT molecular complexity index is 442. The number of Topliss-reactive ketones (excluding diaryl/α,β-unsaturated/α-hetero) is 1. The average Bonchev–Trinajstić information content (AvgIpc) is 2.27. The van der Waals surface area contributed by atoms with Gasteiger partial charge in [0.2, 0.25) is 0 Å². The summed E-state index contributed by atoms with van der Waals surface area (Å²) in [7, 11) is 0. The van der Waals surface area contributed by atoms with Crippen molar-refractivity contribution in [2.45, 2.75) is 19.4 Å². The number of aliphatic hydroxyl groups is 1. The number of rotatable bonds is 5. The standard InChI is InChI=1S/C12H13BrO4/c1-7-6-8(11(15)12(16)17)2-3-9(7)10(14)4-5-13/h2-3,6,11,15H,4-5H2,1H3,(H,16,17). The van der Waals surface area contributed by atoms with Crippen molar-refractivity contribution in [2.24, 2.45) is 0 Å². The summed E-state index contributed by atoms with van der Waals surface area (Å²) in [6, 6.07) is 4.55. The fourth-order valence-electron chi connectivity index (χ4n) is 1.53. The third-order valence-electron chi connectivity index (χ3n) is 2.42. The van der Waals surface area contributed by atoms with Gasteiger partial charge in [-0.15, -0.1) is 0 Å². The predicted molar refractivity (Wildman–Crippen MR) is 66.5 cm³/mol. The molecule has 92 valence electrons. The molecule has 0 saturated carbocycles. The van der Waals surface area contributed by atoms with Gasteiger partial charge < -0.3 is 10.2 Å².